The Balaban J connectivity index is 1.92. The standard InChI is InChI=1S/C20H23NO6/c1-25-16-10-14(11-17(26-2)19(16)27-3)12-21-18(22)9-6-13-4-7-15(8-5-13)20(23)24/h4-5,7-8,10-11H,6,9,12H2,1-3H3,(H,21,22)(H,23,24). The zero-order valence-electron chi connectivity index (χ0n) is 15.6. The van der Waals surface area contributed by atoms with Crippen molar-refractivity contribution in [3.8, 4) is 17.2 Å². The molecule has 0 aliphatic rings. The second kappa shape index (κ2) is 9.47. The summed E-state index contributed by atoms with van der Waals surface area (Å²) < 4.78 is 15.9. The summed E-state index contributed by atoms with van der Waals surface area (Å²) in [7, 11) is 4.61. The molecule has 27 heavy (non-hydrogen) atoms. The van der Waals surface area contributed by atoms with Gasteiger partial charge in [0.15, 0.2) is 11.5 Å². The van der Waals surface area contributed by atoms with E-state index in [2.05, 4.69) is 5.32 Å². The van der Waals surface area contributed by atoms with E-state index in [1.807, 2.05) is 0 Å². The molecular formula is C20H23NO6. The molecule has 2 rings (SSSR count). The molecule has 0 saturated carbocycles. The Bertz CT molecular complexity index is 776. The number of hydrogen-bond donors (Lipinski definition) is 2. The van der Waals surface area contributed by atoms with Crippen LogP contribution in [0.4, 0.5) is 0 Å². The van der Waals surface area contributed by atoms with Crippen LogP contribution in [0, 0.1) is 0 Å². The van der Waals surface area contributed by atoms with Crippen molar-refractivity contribution >= 4 is 11.9 Å². The highest BCUT2D eigenvalue weighted by atomic mass is 16.5. The molecule has 0 atom stereocenters. The summed E-state index contributed by atoms with van der Waals surface area (Å²) in [4.78, 5) is 22.9. The van der Waals surface area contributed by atoms with Gasteiger partial charge in [-0.15, -0.1) is 0 Å². The van der Waals surface area contributed by atoms with E-state index >= 15 is 0 Å². The summed E-state index contributed by atoms with van der Waals surface area (Å²) in [6, 6.07) is 10.1. The number of ether oxygens (including phenoxy) is 3. The van der Waals surface area contributed by atoms with Crippen molar-refractivity contribution < 1.29 is 28.9 Å². The lowest BCUT2D eigenvalue weighted by Gasteiger charge is -2.14. The summed E-state index contributed by atoms with van der Waals surface area (Å²) in [5.74, 6) is 0.481. The molecular weight excluding hydrogens is 350 g/mol. The predicted molar refractivity (Wildman–Crippen MR) is 99.7 cm³/mol. The lowest BCUT2D eigenvalue weighted by atomic mass is 10.1. The van der Waals surface area contributed by atoms with Gasteiger partial charge in [0.1, 0.15) is 0 Å². The highest BCUT2D eigenvalue weighted by Gasteiger charge is 2.13. The monoisotopic (exact) mass is 373 g/mol. The Morgan fingerprint density at radius 1 is 0.926 bits per heavy atom. The van der Waals surface area contributed by atoms with Crippen molar-refractivity contribution in [1.82, 2.24) is 5.32 Å². The van der Waals surface area contributed by atoms with E-state index in [9.17, 15) is 9.59 Å². The Labute approximate surface area is 157 Å². The molecule has 0 aliphatic heterocycles. The number of aryl methyl sites for hydroxylation is 1. The molecule has 0 heterocycles. The van der Waals surface area contributed by atoms with Gasteiger partial charge in [-0.25, -0.2) is 4.79 Å². The van der Waals surface area contributed by atoms with Crippen molar-refractivity contribution in [2.45, 2.75) is 19.4 Å². The highest BCUT2D eigenvalue weighted by Crippen LogP contribution is 2.38. The first-order chi connectivity index (χ1) is 13.0. The van der Waals surface area contributed by atoms with Crippen molar-refractivity contribution in [2.24, 2.45) is 0 Å². The largest absolute Gasteiger partial charge is 0.493 e. The van der Waals surface area contributed by atoms with Crippen LogP contribution in [-0.2, 0) is 17.8 Å². The zero-order valence-corrected chi connectivity index (χ0v) is 15.6. The number of rotatable bonds is 9. The Hall–Kier alpha value is -3.22. The summed E-state index contributed by atoms with van der Waals surface area (Å²) in [6.45, 7) is 0.327. The topological polar surface area (TPSA) is 94.1 Å². The minimum atomic E-state index is -0.968. The molecule has 0 radical (unpaired) electrons. The molecule has 7 nitrogen and oxygen atoms in total. The summed E-state index contributed by atoms with van der Waals surface area (Å²) in [5.41, 5.74) is 1.96. The van der Waals surface area contributed by atoms with E-state index < -0.39 is 5.97 Å². The van der Waals surface area contributed by atoms with E-state index in [0.717, 1.165) is 11.1 Å². The molecule has 0 unspecified atom stereocenters. The van der Waals surface area contributed by atoms with Crippen LogP contribution in [0.2, 0.25) is 0 Å². The van der Waals surface area contributed by atoms with Gasteiger partial charge in [-0.2, -0.15) is 0 Å². The number of nitrogens with one attached hydrogen (secondary N) is 1. The van der Waals surface area contributed by atoms with Gasteiger partial charge in [-0.05, 0) is 41.8 Å². The number of carbonyl (C=O) groups excluding carboxylic acids is 1. The average Bonchev–Trinajstić information content (AvgIpc) is 2.69. The van der Waals surface area contributed by atoms with E-state index in [1.165, 1.54) is 33.5 Å². The maximum atomic E-state index is 12.1. The molecule has 2 aromatic rings. The maximum absolute atomic E-state index is 12.1. The van der Waals surface area contributed by atoms with E-state index in [1.54, 1.807) is 24.3 Å². The van der Waals surface area contributed by atoms with Crippen molar-refractivity contribution in [3.63, 3.8) is 0 Å². The third kappa shape index (κ3) is 5.37. The number of carboxylic acids is 1. The molecule has 0 aliphatic carbocycles. The molecule has 2 aromatic carbocycles. The summed E-state index contributed by atoms with van der Waals surface area (Å²) in [5, 5.41) is 11.7. The molecule has 0 aromatic heterocycles. The van der Waals surface area contributed by atoms with Crippen LogP contribution in [0.15, 0.2) is 36.4 Å². The summed E-state index contributed by atoms with van der Waals surface area (Å²) in [6.07, 6.45) is 0.831. The Morgan fingerprint density at radius 3 is 2.00 bits per heavy atom. The second-order valence-electron chi connectivity index (χ2n) is 5.81. The van der Waals surface area contributed by atoms with Gasteiger partial charge < -0.3 is 24.6 Å². The van der Waals surface area contributed by atoms with E-state index in [4.69, 9.17) is 19.3 Å². The van der Waals surface area contributed by atoms with Crippen LogP contribution in [0.25, 0.3) is 0 Å². The maximum Gasteiger partial charge on any atom is 0.335 e. The minimum Gasteiger partial charge on any atom is -0.493 e. The van der Waals surface area contributed by atoms with Gasteiger partial charge in [0.05, 0.1) is 26.9 Å². The number of benzene rings is 2. The molecule has 0 saturated heterocycles. The van der Waals surface area contributed by atoms with Crippen LogP contribution >= 0.6 is 0 Å². The first-order valence-corrected chi connectivity index (χ1v) is 8.36. The molecule has 0 bridgehead atoms. The number of amides is 1. The quantitative estimate of drug-likeness (QED) is 0.702. The average molecular weight is 373 g/mol. The van der Waals surface area contributed by atoms with Gasteiger partial charge in [-0.1, -0.05) is 12.1 Å². The number of hydrogen-bond acceptors (Lipinski definition) is 5. The lowest BCUT2D eigenvalue weighted by Crippen LogP contribution is -2.23. The van der Waals surface area contributed by atoms with Gasteiger partial charge in [-0.3, -0.25) is 4.79 Å². The predicted octanol–water partition coefficient (Wildman–Crippen LogP) is 2.66. The van der Waals surface area contributed by atoms with Crippen LogP contribution in [0.1, 0.15) is 27.9 Å². The van der Waals surface area contributed by atoms with Crippen molar-refractivity contribution in [2.75, 3.05) is 21.3 Å². The fraction of sp³-hybridized carbons (Fsp3) is 0.300. The third-order valence-electron chi connectivity index (χ3n) is 4.06. The molecule has 2 N–H and O–H groups in total. The fourth-order valence-corrected chi connectivity index (χ4v) is 2.60. The van der Waals surface area contributed by atoms with Crippen LogP contribution in [0.5, 0.6) is 17.2 Å². The van der Waals surface area contributed by atoms with E-state index in [-0.39, 0.29) is 11.5 Å². The van der Waals surface area contributed by atoms with Gasteiger partial charge in [0.2, 0.25) is 11.7 Å². The molecule has 1 amide bonds. The normalized spacial score (nSPS) is 10.2. The Kier molecular flexibility index (Phi) is 7.05. The van der Waals surface area contributed by atoms with Gasteiger partial charge >= 0.3 is 5.97 Å². The lowest BCUT2D eigenvalue weighted by molar-refractivity contribution is -0.121. The first kappa shape index (κ1) is 20.1. The van der Waals surface area contributed by atoms with Crippen LogP contribution < -0.4 is 19.5 Å². The smallest absolute Gasteiger partial charge is 0.335 e. The SMILES string of the molecule is COc1cc(CNC(=O)CCc2ccc(C(=O)O)cc2)cc(OC)c1OC. The fourth-order valence-electron chi connectivity index (χ4n) is 2.60. The minimum absolute atomic E-state index is 0.105. The zero-order chi connectivity index (χ0) is 19.8. The molecule has 144 valence electrons. The number of aromatic carboxylic acids is 1. The third-order valence-corrected chi connectivity index (χ3v) is 4.06. The number of carboxylic acid groups (broad SMARTS) is 1. The summed E-state index contributed by atoms with van der Waals surface area (Å²) >= 11 is 0. The van der Waals surface area contributed by atoms with Crippen LogP contribution in [0.3, 0.4) is 0 Å². The van der Waals surface area contributed by atoms with Gasteiger partial charge in [0, 0.05) is 13.0 Å². The second-order valence-corrected chi connectivity index (χ2v) is 5.81. The molecule has 0 spiro atoms. The van der Waals surface area contributed by atoms with Crippen LogP contribution in [-0.4, -0.2) is 38.3 Å². The van der Waals surface area contributed by atoms with E-state index in [0.29, 0.717) is 36.6 Å². The highest BCUT2D eigenvalue weighted by molar-refractivity contribution is 5.87. The first-order valence-electron chi connectivity index (χ1n) is 8.36. The van der Waals surface area contributed by atoms with Crippen molar-refractivity contribution in [1.29, 1.82) is 0 Å². The van der Waals surface area contributed by atoms with Crippen molar-refractivity contribution in [3.05, 3.63) is 53.1 Å². The number of methoxy groups -OCH3 is 3. The molecule has 7 heteroatoms. The van der Waals surface area contributed by atoms with Gasteiger partial charge in [0.25, 0.3) is 0 Å². The Morgan fingerprint density at radius 2 is 1.52 bits per heavy atom. The number of carbonyl (C=O) groups is 2. The molecule has 0 fully saturated rings.